The largest absolute Gasteiger partial charge is 0.573 e. The number of ether oxygens (including phenoxy) is 1. The van der Waals surface area contributed by atoms with Crippen LogP contribution >= 0.6 is 0 Å². The van der Waals surface area contributed by atoms with Crippen molar-refractivity contribution in [1.82, 2.24) is 9.88 Å². The molecule has 0 aliphatic heterocycles. The molecule has 0 N–H and O–H groups in total. The number of nitrogens with zero attached hydrogens (tertiary/aromatic N) is 2. The molecule has 2 rings (SSSR count). The molecule has 0 atom stereocenters. The Balaban J connectivity index is 2.16. The third-order valence-corrected chi connectivity index (χ3v) is 3.96. The molecule has 0 unspecified atom stereocenters. The van der Waals surface area contributed by atoms with Crippen LogP contribution in [0.2, 0.25) is 0 Å². The van der Waals surface area contributed by atoms with Gasteiger partial charge < -0.3 is 9.64 Å². The number of hydrogen-bond donors (Lipinski definition) is 0. The first-order valence-corrected chi connectivity index (χ1v) is 8.44. The number of benzene rings is 1. The lowest BCUT2D eigenvalue weighted by molar-refractivity contribution is -0.274. The summed E-state index contributed by atoms with van der Waals surface area (Å²) < 4.78 is 41.4. The Morgan fingerprint density at radius 3 is 2.36 bits per heavy atom. The SMILES string of the molecule is C=C(/C=C\C(=C)N(C)/C(=C\C)c1cccc(OC(F)(F)F)c1)c1ccncc1. The lowest BCUT2D eigenvalue weighted by Crippen LogP contribution is -2.18. The van der Waals surface area contributed by atoms with Gasteiger partial charge in [0.1, 0.15) is 5.75 Å². The normalized spacial score (nSPS) is 12.1. The molecule has 28 heavy (non-hydrogen) atoms. The number of rotatable bonds is 7. The Morgan fingerprint density at radius 2 is 1.75 bits per heavy atom. The molecule has 0 spiro atoms. The fraction of sp³-hybridized carbons (Fsp3) is 0.136. The van der Waals surface area contributed by atoms with Gasteiger partial charge in [-0.25, -0.2) is 0 Å². The molecule has 0 radical (unpaired) electrons. The van der Waals surface area contributed by atoms with E-state index < -0.39 is 6.36 Å². The standard InChI is InChI=1S/C22H21F3N2O/c1-5-21(19-7-6-8-20(15-19)28-22(23,24)25)27(4)17(3)10-9-16(2)18-11-13-26-14-12-18/h5-15H,2-3H2,1,4H3/b10-9-,21-5-. The lowest BCUT2D eigenvalue weighted by Gasteiger charge is -2.24. The molecule has 1 aromatic carbocycles. The van der Waals surface area contributed by atoms with Crippen molar-refractivity contribution in [2.45, 2.75) is 13.3 Å². The summed E-state index contributed by atoms with van der Waals surface area (Å²) in [6, 6.07) is 9.52. The summed E-state index contributed by atoms with van der Waals surface area (Å²) in [5, 5.41) is 0. The molecule has 0 bridgehead atoms. The molecular formula is C22H21F3N2O. The minimum Gasteiger partial charge on any atom is -0.406 e. The topological polar surface area (TPSA) is 25.4 Å². The molecule has 2 aromatic rings. The van der Waals surface area contributed by atoms with E-state index in [0.29, 0.717) is 17.0 Å². The third-order valence-electron chi connectivity index (χ3n) is 3.96. The zero-order chi connectivity index (χ0) is 20.7. The van der Waals surface area contributed by atoms with Crippen LogP contribution in [0.25, 0.3) is 11.3 Å². The second-order valence-electron chi connectivity index (χ2n) is 5.89. The van der Waals surface area contributed by atoms with E-state index in [4.69, 9.17) is 0 Å². The molecule has 146 valence electrons. The Kier molecular flexibility index (Phi) is 6.82. The summed E-state index contributed by atoms with van der Waals surface area (Å²) in [6.45, 7) is 9.84. The van der Waals surface area contributed by atoms with Crippen LogP contribution in [-0.2, 0) is 0 Å². The highest BCUT2D eigenvalue weighted by molar-refractivity contribution is 5.73. The zero-order valence-electron chi connectivity index (χ0n) is 15.7. The van der Waals surface area contributed by atoms with Crippen LogP contribution in [0.1, 0.15) is 18.1 Å². The van der Waals surface area contributed by atoms with E-state index in [-0.39, 0.29) is 5.75 Å². The van der Waals surface area contributed by atoms with E-state index in [1.165, 1.54) is 18.2 Å². The van der Waals surface area contributed by atoms with Gasteiger partial charge in [0.25, 0.3) is 0 Å². The number of hydrogen-bond acceptors (Lipinski definition) is 3. The van der Waals surface area contributed by atoms with Gasteiger partial charge in [0.15, 0.2) is 0 Å². The summed E-state index contributed by atoms with van der Waals surface area (Å²) in [5.74, 6) is -0.273. The average molecular weight is 386 g/mol. The summed E-state index contributed by atoms with van der Waals surface area (Å²) in [6.07, 6.45) is 4.04. The van der Waals surface area contributed by atoms with Crippen molar-refractivity contribution in [1.29, 1.82) is 0 Å². The van der Waals surface area contributed by atoms with Crippen molar-refractivity contribution in [3.05, 3.63) is 97.0 Å². The first-order chi connectivity index (χ1) is 13.2. The molecule has 0 saturated carbocycles. The fourth-order valence-electron chi connectivity index (χ4n) is 2.53. The first-order valence-electron chi connectivity index (χ1n) is 8.44. The average Bonchev–Trinajstić information content (AvgIpc) is 2.66. The van der Waals surface area contributed by atoms with Crippen LogP contribution in [0, 0.1) is 0 Å². The predicted octanol–water partition coefficient (Wildman–Crippen LogP) is 6.06. The lowest BCUT2D eigenvalue weighted by atomic mass is 10.1. The van der Waals surface area contributed by atoms with Crippen LogP contribution in [0.4, 0.5) is 13.2 Å². The van der Waals surface area contributed by atoms with Crippen molar-refractivity contribution in [2.24, 2.45) is 0 Å². The van der Waals surface area contributed by atoms with Crippen molar-refractivity contribution in [3.63, 3.8) is 0 Å². The second-order valence-corrected chi connectivity index (χ2v) is 5.89. The molecule has 0 amide bonds. The number of likely N-dealkylation sites (N-methyl/N-ethyl adjacent to an activating group) is 1. The van der Waals surface area contributed by atoms with E-state index in [9.17, 15) is 13.2 Å². The molecule has 0 fully saturated rings. The van der Waals surface area contributed by atoms with Gasteiger partial charge in [-0.05, 0) is 48.4 Å². The van der Waals surface area contributed by atoms with Crippen LogP contribution in [0.15, 0.2) is 85.9 Å². The molecule has 1 aromatic heterocycles. The van der Waals surface area contributed by atoms with Gasteiger partial charge in [0.2, 0.25) is 0 Å². The van der Waals surface area contributed by atoms with E-state index in [1.807, 2.05) is 18.2 Å². The minimum absolute atomic E-state index is 0.273. The summed E-state index contributed by atoms with van der Waals surface area (Å²) in [7, 11) is 1.79. The highest BCUT2D eigenvalue weighted by atomic mass is 19.4. The van der Waals surface area contributed by atoms with Gasteiger partial charge in [-0.2, -0.15) is 0 Å². The number of alkyl halides is 3. The maximum absolute atomic E-state index is 12.5. The molecule has 0 aliphatic carbocycles. The summed E-state index contributed by atoms with van der Waals surface area (Å²) >= 11 is 0. The van der Waals surface area contributed by atoms with Gasteiger partial charge in [0.05, 0.1) is 0 Å². The van der Waals surface area contributed by atoms with Gasteiger partial charge in [0, 0.05) is 36.4 Å². The molecule has 0 aliphatic rings. The van der Waals surface area contributed by atoms with Crippen molar-refractivity contribution in [3.8, 4) is 5.75 Å². The smallest absolute Gasteiger partial charge is 0.406 e. The fourth-order valence-corrected chi connectivity index (χ4v) is 2.53. The maximum atomic E-state index is 12.5. The Hall–Kier alpha value is -3.28. The molecule has 1 heterocycles. The molecule has 0 saturated heterocycles. The molecule has 6 heteroatoms. The van der Waals surface area contributed by atoms with Gasteiger partial charge in [-0.15, -0.1) is 13.2 Å². The van der Waals surface area contributed by atoms with Gasteiger partial charge in [-0.1, -0.05) is 37.4 Å². The quantitative estimate of drug-likeness (QED) is 0.541. The van der Waals surface area contributed by atoms with E-state index in [1.54, 1.807) is 49.5 Å². The first kappa shape index (κ1) is 21.0. The highest BCUT2D eigenvalue weighted by Crippen LogP contribution is 2.28. The summed E-state index contributed by atoms with van der Waals surface area (Å²) in [5.41, 5.74) is 3.64. The van der Waals surface area contributed by atoms with Crippen LogP contribution in [0.3, 0.4) is 0 Å². The van der Waals surface area contributed by atoms with Crippen molar-refractivity contribution in [2.75, 3.05) is 7.05 Å². The summed E-state index contributed by atoms with van der Waals surface area (Å²) in [4.78, 5) is 5.75. The molecule has 3 nitrogen and oxygen atoms in total. The highest BCUT2D eigenvalue weighted by Gasteiger charge is 2.31. The van der Waals surface area contributed by atoms with Crippen LogP contribution in [0.5, 0.6) is 5.75 Å². The molecular weight excluding hydrogens is 365 g/mol. The van der Waals surface area contributed by atoms with Crippen molar-refractivity contribution >= 4 is 11.3 Å². The van der Waals surface area contributed by atoms with E-state index >= 15 is 0 Å². The number of allylic oxidation sites excluding steroid dienone is 4. The monoisotopic (exact) mass is 386 g/mol. The van der Waals surface area contributed by atoms with E-state index in [2.05, 4.69) is 22.9 Å². The number of halogens is 3. The number of pyridine rings is 1. The Morgan fingerprint density at radius 1 is 1.07 bits per heavy atom. The Bertz CT molecular complexity index is 899. The van der Waals surface area contributed by atoms with E-state index in [0.717, 1.165) is 11.1 Å². The van der Waals surface area contributed by atoms with Gasteiger partial charge in [-0.3, -0.25) is 4.98 Å². The van der Waals surface area contributed by atoms with Gasteiger partial charge >= 0.3 is 6.36 Å². The third kappa shape index (κ3) is 5.87. The minimum atomic E-state index is -4.74. The van der Waals surface area contributed by atoms with Crippen LogP contribution < -0.4 is 4.74 Å². The maximum Gasteiger partial charge on any atom is 0.573 e. The Labute approximate surface area is 162 Å². The van der Waals surface area contributed by atoms with Crippen LogP contribution in [-0.4, -0.2) is 23.3 Å². The predicted molar refractivity (Wildman–Crippen MR) is 106 cm³/mol. The second kappa shape index (κ2) is 9.08. The number of aromatic nitrogens is 1. The zero-order valence-corrected chi connectivity index (χ0v) is 15.7. The van der Waals surface area contributed by atoms with Crippen molar-refractivity contribution < 1.29 is 17.9 Å².